The molecule has 2 aromatic rings. The van der Waals surface area contributed by atoms with E-state index in [-0.39, 0.29) is 11.9 Å². The number of thiazole rings is 1. The molecule has 1 saturated carbocycles. The highest BCUT2D eigenvalue weighted by Crippen LogP contribution is 2.37. The number of nitrogens with zero attached hydrogens (tertiary/aromatic N) is 3. The van der Waals surface area contributed by atoms with E-state index in [2.05, 4.69) is 4.98 Å². The third-order valence-corrected chi connectivity index (χ3v) is 4.09. The van der Waals surface area contributed by atoms with E-state index < -0.39 is 12.7 Å². The van der Waals surface area contributed by atoms with Crippen molar-refractivity contribution in [1.82, 2.24) is 9.38 Å². The van der Waals surface area contributed by atoms with Crippen LogP contribution in [0.1, 0.15) is 18.5 Å². The van der Waals surface area contributed by atoms with E-state index >= 15 is 0 Å². The number of fused-ring (bicyclic) bond motifs is 1. The Balaban J connectivity index is 2.01. The van der Waals surface area contributed by atoms with Crippen molar-refractivity contribution >= 4 is 33.7 Å². The largest absolute Gasteiger partial charge is 0.405 e. The first-order valence-electron chi connectivity index (χ1n) is 5.83. The van der Waals surface area contributed by atoms with Crippen molar-refractivity contribution < 1.29 is 13.2 Å². The van der Waals surface area contributed by atoms with Crippen LogP contribution in [0.2, 0.25) is 0 Å². The molecule has 1 aliphatic rings. The predicted molar refractivity (Wildman–Crippen MR) is 69.0 cm³/mol. The fraction of sp³-hybridized carbons (Fsp3) is 0.545. The van der Waals surface area contributed by atoms with Crippen LogP contribution in [0.25, 0.3) is 4.96 Å². The number of hydrogen-bond acceptors (Lipinski definition) is 3. The molecular formula is C11H11ClF3N3S. The second kappa shape index (κ2) is 4.56. The van der Waals surface area contributed by atoms with Gasteiger partial charge in [0.1, 0.15) is 6.54 Å². The lowest BCUT2D eigenvalue weighted by molar-refractivity contribution is -0.120. The minimum Gasteiger partial charge on any atom is -0.343 e. The summed E-state index contributed by atoms with van der Waals surface area (Å²) in [5.41, 5.74) is 0.633. The molecule has 2 aromatic heterocycles. The summed E-state index contributed by atoms with van der Waals surface area (Å²) in [5, 5.41) is 1.84. The minimum atomic E-state index is -4.23. The van der Waals surface area contributed by atoms with Gasteiger partial charge in [-0.15, -0.1) is 22.9 Å². The minimum absolute atomic E-state index is 0.0619. The van der Waals surface area contributed by atoms with Crippen LogP contribution in [-0.2, 0) is 5.88 Å². The molecule has 19 heavy (non-hydrogen) atoms. The van der Waals surface area contributed by atoms with E-state index in [1.165, 1.54) is 16.2 Å². The Labute approximate surface area is 116 Å². The zero-order chi connectivity index (χ0) is 13.6. The second-order valence-corrected chi connectivity index (χ2v) is 5.69. The highest BCUT2D eigenvalue weighted by molar-refractivity contribution is 7.15. The normalized spacial score (nSPS) is 16.2. The summed E-state index contributed by atoms with van der Waals surface area (Å²) in [6.45, 7) is -0.966. The van der Waals surface area contributed by atoms with Gasteiger partial charge in [0, 0.05) is 17.6 Å². The molecule has 0 unspecified atom stereocenters. The van der Waals surface area contributed by atoms with Gasteiger partial charge in [-0.1, -0.05) is 0 Å². The molecule has 0 atom stereocenters. The van der Waals surface area contributed by atoms with Gasteiger partial charge in [-0.25, -0.2) is 4.98 Å². The molecule has 0 spiro atoms. The smallest absolute Gasteiger partial charge is 0.343 e. The van der Waals surface area contributed by atoms with E-state index in [4.69, 9.17) is 11.6 Å². The zero-order valence-electron chi connectivity index (χ0n) is 9.82. The molecule has 0 saturated heterocycles. The number of rotatable bonds is 4. The summed E-state index contributed by atoms with van der Waals surface area (Å²) in [5.74, 6) is 0.524. The van der Waals surface area contributed by atoms with Crippen LogP contribution in [0.3, 0.4) is 0 Å². The Morgan fingerprint density at radius 3 is 2.79 bits per heavy atom. The number of aromatic nitrogens is 2. The monoisotopic (exact) mass is 309 g/mol. The standard InChI is InChI=1S/C11H11ClF3N3S/c12-5-8-9(16-10-17(8)3-4-19-10)18(7-1-2-7)6-11(13,14)15/h3-4,7H,1-2,5-6H2. The number of imidazole rings is 1. The maximum Gasteiger partial charge on any atom is 0.405 e. The average Bonchev–Trinajstić information content (AvgIpc) is 2.95. The molecule has 2 heterocycles. The molecule has 1 aliphatic carbocycles. The van der Waals surface area contributed by atoms with Gasteiger partial charge < -0.3 is 4.90 Å². The molecule has 0 N–H and O–H groups in total. The maximum absolute atomic E-state index is 12.7. The van der Waals surface area contributed by atoms with Crippen molar-refractivity contribution in [3.8, 4) is 0 Å². The molecule has 0 aromatic carbocycles. The van der Waals surface area contributed by atoms with Crippen molar-refractivity contribution in [3.63, 3.8) is 0 Å². The number of anilines is 1. The lowest BCUT2D eigenvalue weighted by atomic mass is 10.3. The Morgan fingerprint density at radius 1 is 1.47 bits per heavy atom. The zero-order valence-corrected chi connectivity index (χ0v) is 11.4. The van der Waals surface area contributed by atoms with Crippen LogP contribution < -0.4 is 4.90 Å². The van der Waals surface area contributed by atoms with Gasteiger partial charge in [0.25, 0.3) is 0 Å². The van der Waals surface area contributed by atoms with Gasteiger partial charge in [-0.3, -0.25) is 4.40 Å². The Hall–Kier alpha value is -0.950. The summed E-state index contributed by atoms with van der Waals surface area (Å²) in [4.78, 5) is 6.34. The van der Waals surface area contributed by atoms with Gasteiger partial charge in [0.15, 0.2) is 10.8 Å². The SMILES string of the molecule is FC(F)(F)CN(c1nc2sccn2c1CCl)C1CC1. The first kappa shape index (κ1) is 13.1. The van der Waals surface area contributed by atoms with Gasteiger partial charge in [0.05, 0.1) is 11.6 Å². The van der Waals surface area contributed by atoms with Crippen LogP contribution in [0, 0.1) is 0 Å². The third-order valence-electron chi connectivity index (χ3n) is 3.08. The van der Waals surface area contributed by atoms with Gasteiger partial charge in [0.2, 0.25) is 0 Å². The predicted octanol–water partition coefficient (Wildman–Crippen LogP) is 3.67. The van der Waals surface area contributed by atoms with Crippen LogP contribution in [0.4, 0.5) is 19.0 Å². The number of alkyl halides is 4. The second-order valence-electron chi connectivity index (χ2n) is 4.55. The van der Waals surface area contributed by atoms with E-state index in [9.17, 15) is 13.2 Å². The lowest BCUT2D eigenvalue weighted by Gasteiger charge is -2.24. The van der Waals surface area contributed by atoms with Crippen LogP contribution in [0.5, 0.6) is 0 Å². The lowest BCUT2D eigenvalue weighted by Crippen LogP contribution is -2.36. The third kappa shape index (κ3) is 2.53. The van der Waals surface area contributed by atoms with Crippen molar-refractivity contribution in [2.45, 2.75) is 30.9 Å². The molecule has 8 heteroatoms. The summed E-state index contributed by atoms with van der Waals surface area (Å²) < 4.78 is 39.8. The van der Waals surface area contributed by atoms with Gasteiger partial charge in [-0.2, -0.15) is 13.2 Å². The fourth-order valence-electron chi connectivity index (χ4n) is 2.13. The molecule has 0 amide bonds. The van der Waals surface area contributed by atoms with Crippen LogP contribution in [-0.4, -0.2) is 28.1 Å². The summed E-state index contributed by atoms with van der Waals surface area (Å²) in [6.07, 6.45) is -0.887. The fourth-order valence-corrected chi connectivity index (χ4v) is 3.11. The molecule has 3 nitrogen and oxygen atoms in total. The highest BCUT2D eigenvalue weighted by atomic mass is 35.5. The molecule has 0 radical (unpaired) electrons. The Bertz CT molecular complexity index is 588. The number of halogens is 4. The molecule has 3 rings (SSSR count). The van der Waals surface area contributed by atoms with Crippen LogP contribution in [0.15, 0.2) is 11.6 Å². The summed E-state index contributed by atoms with van der Waals surface area (Å²) in [6, 6.07) is -0.0619. The van der Waals surface area contributed by atoms with Crippen molar-refractivity contribution in [1.29, 1.82) is 0 Å². The summed E-state index contributed by atoms with van der Waals surface area (Å²) >= 11 is 7.28. The van der Waals surface area contributed by atoms with Gasteiger partial charge >= 0.3 is 6.18 Å². The van der Waals surface area contributed by atoms with E-state index in [1.807, 2.05) is 5.38 Å². The molecule has 104 valence electrons. The number of hydrogen-bond donors (Lipinski definition) is 0. The first-order chi connectivity index (χ1) is 8.99. The molecule has 0 aliphatic heterocycles. The topological polar surface area (TPSA) is 20.5 Å². The maximum atomic E-state index is 12.7. The van der Waals surface area contributed by atoms with Crippen molar-refractivity contribution in [2.24, 2.45) is 0 Å². The van der Waals surface area contributed by atoms with Crippen LogP contribution >= 0.6 is 22.9 Å². The quantitative estimate of drug-likeness (QED) is 0.803. The average molecular weight is 310 g/mol. The highest BCUT2D eigenvalue weighted by Gasteiger charge is 2.40. The van der Waals surface area contributed by atoms with E-state index in [0.29, 0.717) is 16.5 Å². The Kier molecular flexibility index (Phi) is 3.13. The van der Waals surface area contributed by atoms with Crippen molar-refractivity contribution in [2.75, 3.05) is 11.4 Å². The van der Waals surface area contributed by atoms with Gasteiger partial charge in [-0.05, 0) is 12.8 Å². The Morgan fingerprint density at radius 2 is 2.21 bits per heavy atom. The summed E-state index contributed by atoms with van der Waals surface area (Å²) in [7, 11) is 0. The molecule has 1 fully saturated rings. The molecular weight excluding hydrogens is 299 g/mol. The van der Waals surface area contributed by atoms with E-state index in [1.54, 1.807) is 10.6 Å². The first-order valence-corrected chi connectivity index (χ1v) is 7.25. The van der Waals surface area contributed by atoms with E-state index in [0.717, 1.165) is 12.8 Å². The van der Waals surface area contributed by atoms with Crippen molar-refractivity contribution in [3.05, 3.63) is 17.3 Å². The molecule has 0 bridgehead atoms.